The minimum absolute atomic E-state index is 0. The van der Waals surface area contributed by atoms with E-state index in [4.69, 9.17) is 0 Å². The molecule has 2 aliphatic rings. The first-order chi connectivity index (χ1) is 12.4. The van der Waals surface area contributed by atoms with Gasteiger partial charge in [0, 0.05) is 0 Å². The van der Waals surface area contributed by atoms with Crippen LogP contribution in [0.15, 0.2) is 40.5 Å². The molecule has 3 heteroatoms. The predicted octanol–water partition coefficient (Wildman–Crippen LogP) is 4.73. The molecule has 0 radical (unpaired) electrons. The summed E-state index contributed by atoms with van der Waals surface area (Å²) >= 11 is 2.37. The predicted molar refractivity (Wildman–Crippen MR) is 124 cm³/mol. The van der Waals surface area contributed by atoms with Gasteiger partial charge in [0.2, 0.25) is 0 Å². The molecular weight excluding hydrogens is 561 g/mol. The van der Waals surface area contributed by atoms with Crippen LogP contribution in [-0.2, 0) is 0 Å². The molecular formula is C23H35I2P. The second kappa shape index (κ2) is 12.4. The highest BCUT2D eigenvalue weighted by atomic mass is 127. The van der Waals surface area contributed by atoms with Crippen molar-refractivity contribution in [1.29, 1.82) is 0 Å². The highest BCUT2D eigenvalue weighted by Crippen LogP contribution is 2.71. The molecule has 0 saturated heterocycles. The largest absolute Gasteiger partial charge is 1.00 e. The molecule has 26 heavy (non-hydrogen) atoms. The number of hydrogen-bond donors (Lipinski definition) is 0. The molecule has 0 amide bonds. The third-order valence-corrected chi connectivity index (χ3v) is 13.1. The van der Waals surface area contributed by atoms with Crippen LogP contribution >= 0.6 is 29.9 Å². The van der Waals surface area contributed by atoms with Gasteiger partial charge in [-0.1, -0.05) is 59.7 Å². The molecule has 0 unspecified atom stereocenters. The van der Waals surface area contributed by atoms with E-state index in [1.54, 1.807) is 5.30 Å². The molecule has 146 valence electrons. The molecule has 1 aromatic rings. The molecule has 0 aliphatic heterocycles. The van der Waals surface area contributed by atoms with Gasteiger partial charge in [0.25, 0.3) is 0 Å². The van der Waals surface area contributed by atoms with Crippen molar-refractivity contribution in [1.82, 2.24) is 0 Å². The Morgan fingerprint density at radius 1 is 0.846 bits per heavy atom. The Hall–Kier alpha value is 0.850. The van der Waals surface area contributed by atoms with Crippen LogP contribution in [0.1, 0.15) is 77.0 Å². The molecule has 0 N–H and O–H groups in total. The average Bonchev–Trinajstić information content (AvgIpc) is 2.70. The van der Waals surface area contributed by atoms with Crippen molar-refractivity contribution in [2.45, 2.75) is 88.4 Å². The zero-order chi connectivity index (χ0) is 17.4. The third kappa shape index (κ3) is 5.69. The fourth-order valence-corrected chi connectivity index (χ4v) is 12.3. The van der Waals surface area contributed by atoms with Crippen molar-refractivity contribution in [3.05, 3.63) is 40.5 Å². The number of hydrogen-bond acceptors (Lipinski definition) is 0. The van der Waals surface area contributed by atoms with Gasteiger partial charge in [-0.15, -0.1) is 0 Å². The van der Waals surface area contributed by atoms with Gasteiger partial charge in [-0.25, -0.2) is 0 Å². The lowest BCUT2D eigenvalue weighted by molar-refractivity contribution is -0.00000500. The van der Waals surface area contributed by atoms with Gasteiger partial charge in [-0.05, 0) is 80.4 Å². The van der Waals surface area contributed by atoms with Gasteiger partial charge in [-0.3, -0.25) is 0 Å². The summed E-state index contributed by atoms with van der Waals surface area (Å²) in [6, 6.07) is 11.9. The summed E-state index contributed by atoms with van der Waals surface area (Å²) in [5.41, 5.74) is 2.05. The Morgan fingerprint density at radius 3 is 1.88 bits per heavy atom. The first-order valence-corrected chi connectivity index (χ1v) is 13.9. The summed E-state index contributed by atoms with van der Waals surface area (Å²) in [6.45, 7) is 0. The second-order valence-corrected chi connectivity index (χ2v) is 13.1. The lowest BCUT2D eigenvalue weighted by atomic mass is 9.99. The molecule has 3 rings (SSSR count). The van der Waals surface area contributed by atoms with Crippen LogP contribution in [-0.4, -0.2) is 17.5 Å². The molecule has 0 heterocycles. The van der Waals surface area contributed by atoms with Gasteiger partial charge < -0.3 is 24.0 Å². The minimum Gasteiger partial charge on any atom is -1.00 e. The Labute approximate surface area is 192 Å². The maximum Gasteiger partial charge on any atom is 0.0945 e. The van der Waals surface area contributed by atoms with Crippen molar-refractivity contribution in [3.63, 3.8) is 0 Å². The SMILES string of the molecule is I/C=C/CCC[P+](c1ccccc1)(C1CCCCC1)C1CCCCC1.[I-]. The molecule has 2 fully saturated rings. The molecule has 1 aromatic carbocycles. The van der Waals surface area contributed by atoms with E-state index < -0.39 is 7.26 Å². The van der Waals surface area contributed by atoms with E-state index in [1.165, 1.54) is 83.2 Å². The van der Waals surface area contributed by atoms with Gasteiger partial charge in [0.05, 0.1) is 30.0 Å². The Kier molecular flexibility index (Phi) is 11.1. The number of allylic oxidation sites excluding steroid dienone is 1. The van der Waals surface area contributed by atoms with Crippen LogP contribution in [0.4, 0.5) is 0 Å². The Bertz CT molecular complexity index is 498. The molecule has 0 atom stereocenters. The lowest BCUT2D eigenvalue weighted by Gasteiger charge is -2.43. The van der Waals surface area contributed by atoms with Crippen molar-refractivity contribution in [2.75, 3.05) is 6.16 Å². The van der Waals surface area contributed by atoms with Crippen molar-refractivity contribution in [3.8, 4) is 0 Å². The fraction of sp³-hybridized carbons (Fsp3) is 0.652. The van der Waals surface area contributed by atoms with Gasteiger partial charge >= 0.3 is 0 Å². The van der Waals surface area contributed by atoms with Crippen LogP contribution in [0.25, 0.3) is 0 Å². The number of rotatable bonds is 7. The van der Waals surface area contributed by atoms with E-state index in [0.717, 1.165) is 11.3 Å². The summed E-state index contributed by atoms with van der Waals surface area (Å²) in [5.74, 6) is 0. The number of halogens is 2. The van der Waals surface area contributed by atoms with E-state index in [1.807, 2.05) is 0 Å². The monoisotopic (exact) mass is 596 g/mol. The molecule has 0 aromatic heterocycles. The highest BCUT2D eigenvalue weighted by Gasteiger charge is 2.53. The lowest BCUT2D eigenvalue weighted by Crippen LogP contribution is -3.00. The highest BCUT2D eigenvalue weighted by molar-refractivity contribution is 14.1. The summed E-state index contributed by atoms with van der Waals surface area (Å²) in [7, 11) is -1.08. The minimum atomic E-state index is -1.08. The summed E-state index contributed by atoms with van der Waals surface area (Å²) < 4.78 is 2.21. The maximum atomic E-state index is 2.52. The summed E-state index contributed by atoms with van der Waals surface area (Å²) in [5, 5.41) is 1.78. The first-order valence-electron chi connectivity index (χ1n) is 10.6. The molecule has 2 aliphatic carbocycles. The normalized spacial score (nSPS) is 20.2. The summed E-state index contributed by atoms with van der Waals surface area (Å²) in [4.78, 5) is 0. The Balaban J connectivity index is 0.00000243. The van der Waals surface area contributed by atoms with Crippen LogP contribution in [0.5, 0.6) is 0 Å². The van der Waals surface area contributed by atoms with E-state index >= 15 is 0 Å². The van der Waals surface area contributed by atoms with Crippen LogP contribution in [0.2, 0.25) is 0 Å². The van der Waals surface area contributed by atoms with Crippen LogP contribution in [0.3, 0.4) is 0 Å². The van der Waals surface area contributed by atoms with E-state index in [9.17, 15) is 0 Å². The van der Waals surface area contributed by atoms with Crippen molar-refractivity contribution in [2.24, 2.45) is 0 Å². The van der Waals surface area contributed by atoms with Crippen molar-refractivity contribution >= 4 is 35.2 Å². The maximum absolute atomic E-state index is 2.52. The zero-order valence-corrected chi connectivity index (χ0v) is 21.3. The summed E-state index contributed by atoms with van der Waals surface area (Å²) in [6.07, 6.45) is 21.5. The smallest absolute Gasteiger partial charge is 0.0945 e. The topological polar surface area (TPSA) is 0 Å². The molecule has 0 bridgehead atoms. The van der Waals surface area contributed by atoms with Crippen LogP contribution < -0.4 is 29.3 Å². The van der Waals surface area contributed by atoms with E-state index in [0.29, 0.717) is 0 Å². The van der Waals surface area contributed by atoms with Gasteiger partial charge in [-0.2, -0.15) is 0 Å². The van der Waals surface area contributed by atoms with Crippen LogP contribution in [0, 0.1) is 0 Å². The number of benzene rings is 1. The van der Waals surface area contributed by atoms with E-state index in [2.05, 4.69) is 63.1 Å². The second-order valence-electron chi connectivity index (χ2n) is 8.08. The van der Waals surface area contributed by atoms with Crippen molar-refractivity contribution < 1.29 is 24.0 Å². The number of unbranched alkanes of at least 4 members (excludes halogenated alkanes) is 1. The average molecular weight is 596 g/mol. The van der Waals surface area contributed by atoms with Gasteiger partial charge in [0.15, 0.2) is 0 Å². The standard InChI is InChI=1S/C23H35IP.HI/c24-19-11-4-12-20-25(21-13-5-1-6-14-21,22-15-7-2-8-16-22)23-17-9-3-10-18-23;/h1,5-6,11,13-14,19,22-23H,2-4,7-10,12,15-18,20H2;1H/q+1;/p-1/b19-11+;. The Morgan fingerprint density at radius 2 is 1.38 bits per heavy atom. The molecule has 2 saturated carbocycles. The first kappa shape index (κ1) is 23.1. The fourth-order valence-electron chi connectivity index (χ4n) is 5.54. The molecule has 0 nitrogen and oxygen atoms in total. The third-order valence-electron chi connectivity index (χ3n) is 6.68. The zero-order valence-electron chi connectivity index (χ0n) is 16.1. The van der Waals surface area contributed by atoms with E-state index in [-0.39, 0.29) is 24.0 Å². The quantitative estimate of drug-likeness (QED) is 0.243. The molecule has 0 spiro atoms. The van der Waals surface area contributed by atoms with Gasteiger partial charge in [0.1, 0.15) is 0 Å².